The molecular weight excluding hydrogens is 368 g/mol. The summed E-state index contributed by atoms with van der Waals surface area (Å²) in [4.78, 5) is 9.45. The minimum Gasteiger partial charge on any atom is -0.381 e. The van der Waals surface area contributed by atoms with Crippen LogP contribution < -0.4 is 5.32 Å². The normalized spacial score (nSPS) is 21.2. The molecule has 0 aliphatic carbocycles. The Bertz CT molecular complexity index is 635. The van der Waals surface area contributed by atoms with Crippen LogP contribution in [0.4, 0.5) is 0 Å². The van der Waals surface area contributed by atoms with Crippen molar-refractivity contribution in [2.75, 3.05) is 65.8 Å². The van der Waals surface area contributed by atoms with Crippen LogP contribution in [0.2, 0.25) is 0 Å². The number of aliphatic imine (C=N–C) groups is 1. The van der Waals surface area contributed by atoms with Gasteiger partial charge in [-0.25, -0.2) is 0 Å². The summed E-state index contributed by atoms with van der Waals surface area (Å²) in [7, 11) is 1.90. The number of hydrogen-bond donors (Lipinski definition) is 1. The number of benzene rings is 1. The molecule has 0 saturated carbocycles. The number of nitrogens with zero attached hydrogens (tertiary/aromatic N) is 3. The van der Waals surface area contributed by atoms with Crippen LogP contribution in [0.25, 0.3) is 6.08 Å². The Balaban J connectivity index is 1.43. The van der Waals surface area contributed by atoms with Gasteiger partial charge in [-0.1, -0.05) is 42.5 Å². The second-order valence-electron chi connectivity index (χ2n) is 7.50. The molecule has 0 atom stereocenters. The van der Waals surface area contributed by atoms with E-state index >= 15 is 0 Å². The van der Waals surface area contributed by atoms with Gasteiger partial charge in [-0.15, -0.1) is 0 Å². The summed E-state index contributed by atoms with van der Waals surface area (Å²) < 4.78 is 5.83. The monoisotopic (exact) mass is 402 g/mol. The first-order chi connectivity index (χ1) is 13.7. The van der Waals surface area contributed by atoms with E-state index in [1.54, 1.807) is 0 Å². The van der Waals surface area contributed by atoms with E-state index in [9.17, 15) is 0 Å². The van der Waals surface area contributed by atoms with Gasteiger partial charge in [0.2, 0.25) is 0 Å². The Morgan fingerprint density at radius 1 is 1.18 bits per heavy atom. The number of ether oxygens (including phenoxy) is 1. The lowest BCUT2D eigenvalue weighted by Gasteiger charge is -2.39. The fourth-order valence-electron chi connectivity index (χ4n) is 3.81. The molecule has 1 N–H and O–H groups in total. The Hall–Kier alpha value is -1.50. The fourth-order valence-corrected chi connectivity index (χ4v) is 4.60. The van der Waals surface area contributed by atoms with Crippen LogP contribution in [-0.2, 0) is 4.74 Å². The lowest BCUT2D eigenvalue weighted by Crippen LogP contribution is -2.54. The summed E-state index contributed by atoms with van der Waals surface area (Å²) in [6.07, 6.45) is 8.92. The standard InChI is InChI=1S/C22H34N4OS/c1-23-21(24-19-22(28-2)10-17-27-18-11-22)26-15-13-25(14-16-26)12-6-9-20-7-4-3-5-8-20/h3-9H,10-19H2,1-2H3,(H,23,24)/b9-6+. The van der Waals surface area contributed by atoms with E-state index < -0.39 is 0 Å². The van der Waals surface area contributed by atoms with Gasteiger partial charge in [0.15, 0.2) is 5.96 Å². The van der Waals surface area contributed by atoms with E-state index in [0.717, 1.165) is 71.3 Å². The zero-order valence-electron chi connectivity index (χ0n) is 17.3. The second-order valence-corrected chi connectivity index (χ2v) is 8.78. The third-order valence-corrected chi connectivity index (χ3v) is 7.18. The minimum absolute atomic E-state index is 0.276. The molecule has 2 aliphatic heterocycles. The molecule has 1 aromatic carbocycles. The zero-order valence-corrected chi connectivity index (χ0v) is 18.1. The molecule has 0 unspecified atom stereocenters. The quantitative estimate of drug-likeness (QED) is 0.585. The molecule has 2 heterocycles. The average Bonchev–Trinajstić information content (AvgIpc) is 2.76. The molecule has 1 aromatic rings. The molecule has 5 nitrogen and oxygen atoms in total. The van der Waals surface area contributed by atoms with Crippen LogP contribution in [0.1, 0.15) is 18.4 Å². The predicted molar refractivity (Wildman–Crippen MR) is 121 cm³/mol. The first kappa shape index (κ1) is 21.2. The molecule has 2 fully saturated rings. The molecule has 3 rings (SSSR count). The van der Waals surface area contributed by atoms with Gasteiger partial charge in [0.05, 0.1) is 0 Å². The molecule has 6 heteroatoms. The molecule has 0 aromatic heterocycles. The molecule has 154 valence electrons. The molecule has 0 bridgehead atoms. The number of rotatable bonds is 6. The van der Waals surface area contributed by atoms with Crippen molar-refractivity contribution in [2.24, 2.45) is 4.99 Å². The third kappa shape index (κ3) is 6.00. The van der Waals surface area contributed by atoms with Crippen molar-refractivity contribution in [3.05, 3.63) is 42.0 Å². The number of piperazine rings is 1. The number of hydrogen-bond acceptors (Lipinski definition) is 4. The smallest absolute Gasteiger partial charge is 0.193 e. The summed E-state index contributed by atoms with van der Waals surface area (Å²) in [6, 6.07) is 10.5. The van der Waals surface area contributed by atoms with Crippen molar-refractivity contribution >= 4 is 23.8 Å². The van der Waals surface area contributed by atoms with Crippen molar-refractivity contribution < 1.29 is 4.74 Å². The fraction of sp³-hybridized carbons (Fsp3) is 0.591. The topological polar surface area (TPSA) is 40.1 Å². The van der Waals surface area contributed by atoms with Gasteiger partial charge in [-0.3, -0.25) is 9.89 Å². The first-order valence-corrected chi connectivity index (χ1v) is 11.5. The third-order valence-electron chi connectivity index (χ3n) is 5.76. The average molecular weight is 403 g/mol. The molecular formula is C22H34N4OS. The van der Waals surface area contributed by atoms with Crippen LogP contribution in [0.3, 0.4) is 0 Å². The summed E-state index contributed by atoms with van der Waals surface area (Å²) in [5.74, 6) is 1.04. The Labute approximate surface area is 174 Å². The van der Waals surface area contributed by atoms with Crippen LogP contribution in [0, 0.1) is 0 Å². The van der Waals surface area contributed by atoms with Crippen LogP contribution in [-0.4, -0.2) is 86.3 Å². The molecule has 2 saturated heterocycles. The highest BCUT2D eigenvalue weighted by molar-refractivity contribution is 8.00. The number of thioether (sulfide) groups is 1. The minimum atomic E-state index is 0.276. The summed E-state index contributed by atoms with van der Waals surface area (Å²) in [5, 5.41) is 3.65. The van der Waals surface area contributed by atoms with Gasteiger partial charge < -0.3 is 15.0 Å². The molecule has 0 spiro atoms. The SMILES string of the molecule is CN=C(NCC1(SC)CCOCC1)N1CCN(C/C=C/c2ccccc2)CC1. The van der Waals surface area contributed by atoms with E-state index in [2.05, 4.69) is 68.8 Å². The highest BCUT2D eigenvalue weighted by atomic mass is 32.2. The van der Waals surface area contributed by atoms with E-state index in [1.165, 1.54) is 5.56 Å². The molecule has 0 amide bonds. The molecule has 2 aliphatic rings. The van der Waals surface area contributed by atoms with Gasteiger partial charge >= 0.3 is 0 Å². The molecule has 0 radical (unpaired) electrons. The number of nitrogens with one attached hydrogen (secondary N) is 1. The van der Waals surface area contributed by atoms with Gasteiger partial charge in [0.25, 0.3) is 0 Å². The van der Waals surface area contributed by atoms with Gasteiger partial charge in [-0.2, -0.15) is 11.8 Å². The summed E-state index contributed by atoms with van der Waals surface area (Å²) >= 11 is 1.97. The van der Waals surface area contributed by atoms with Gasteiger partial charge in [-0.05, 0) is 24.7 Å². The maximum absolute atomic E-state index is 5.56. The lowest BCUT2D eigenvalue weighted by molar-refractivity contribution is 0.0780. The van der Waals surface area contributed by atoms with Crippen molar-refractivity contribution in [1.29, 1.82) is 0 Å². The van der Waals surface area contributed by atoms with E-state index in [1.807, 2.05) is 18.8 Å². The van der Waals surface area contributed by atoms with Crippen LogP contribution in [0.5, 0.6) is 0 Å². The molecule has 28 heavy (non-hydrogen) atoms. The van der Waals surface area contributed by atoms with Crippen LogP contribution in [0.15, 0.2) is 41.4 Å². The second kappa shape index (κ2) is 10.9. The van der Waals surface area contributed by atoms with Crippen molar-refractivity contribution in [3.8, 4) is 0 Å². The van der Waals surface area contributed by atoms with E-state index in [-0.39, 0.29) is 4.75 Å². The Morgan fingerprint density at radius 3 is 2.54 bits per heavy atom. The van der Waals surface area contributed by atoms with Gasteiger partial charge in [0.1, 0.15) is 0 Å². The van der Waals surface area contributed by atoms with Crippen molar-refractivity contribution in [1.82, 2.24) is 15.1 Å². The zero-order chi connectivity index (χ0) is 19.7. The predicted octanol–water partition coefficient (Wildman–Crippen LogP) is 2.81. The van der Waals surface area contributed by atoms with Crippen molar-refractivity contribution in [3.63, 3.8) is 0 Å². The summed E-state index contributed by atoms with van der Waals surface area (Å²) in [5.41, 5.74) is 1.27. The Morgan fingerprint density at radius 2 is 1.89 bits per heavy atom. The van der Waals surface area contributed by atoms with E-state index in [0.29, 0.717) is 0 Å². The highest BCUT2D eigenvalue weighted by Crippen LogP contribution is 2.33. The Kier molecular flexibility index (Phi) is 8.25. The van der Waals surface area contributed by atoms with Crippen LogP contribution >= 0.6 is 11.8 Å². The largest absolute Gasteiger partial charge is 0.381 e. The maximum atomic E-state index is 5.56. The van der Waals surface area contributed by atoms with Crippen molar-refractivity contribution in [2.45, 2.75) is 17.6 Å². The maximum Gasteiger partial charge on any atom is 0.193 e. The number of guanidine groups is 1. The first-order valence-electron chi connectivity index (χ1n) is 10.3. The lowest BCUT2D eigenvalue weighted by atomic mass is 9.99. The van der Waals surface area contributed by atoms with E-state index in [4.69, 9.17) is 4.74 Å². The highest BCUT2D eigenvalue weighted by Gasteiger charge is 2.32. The van der Waals surface area contributed by atoms with Gasteiger partial charge in [0, 0.05) is 64.3 Å². The summed E-state index contributed by atoms with van der Waals surface area (Å²) in [6.45, 7) is 7.90.